The smallest absolute Gasteiger partial charge is 0.0407 e. The Hall–Kier alpha value is -0.250. The van der Waals surface area contributed by atoms with Crippen LogP contribution in [0.3, 0.4) is 0 Å². The summed E-state index contributed by atoms with van der Waals surface area (Å²) in [5.74, 6) is 0. The van der Waals surface area contributed by atoms with Crippen molar-refractivity contribution >= 4 is 33.2 Å². The van der Waals surface area contributed by atoms with Crippen LogP contribution in [0.15, 0.2) is 24.3 Å². The van der Waals surface area contributed by atoms with Crippen molar-refractivity contribution in [2.45, 2.75) is 13.8 Å². The molecule has 0 aromatic heterocycles. The standard InChI is InChI=1S/C15H22BrClN2/c1-15(2,11-16)12-18-7-9-19(10-8-18)14-5-3-13(17)4-6-14/h3-6H,7-12H2,1-2H3. The molecule has 0 bridgehead atoms. The van der Waals surface area contributed by atoms with Crippen LogP contribution in [0.5, 0.6) is 0 Å². The Labute approximate surface area is 129 Å². The molecule has 1 saturated heterocycles. The molecule has 2 nitrogen and oxygen atoms in total. The number of benzene rings is 1. The Balaban J connectivity index is 1.87. The molecule has 1 aromatic carbocycles. The third-order valence-corrected chi connectivity index (χ3v) is 5.35. The van der Waals surface area contributed by atoms with Gasteiger partial charge in [-0.25, -0.2) is 0 Å². The first-order valence-electron chi connectivity index (χ1n) is 6.79. The Bertz CT molecular complexity index is 397. The van der Waals surface area contributed by atoms with Crippen LogP contribution in [0.25, 0.3) is 0 Å². The van der Waals surface area contributed by atoms with Crippen molar-refractivity contribution in [3.05, 3.63) is 29.3 Å². The van der Waals surface area contributed by atoms with Crippen LogP contribution in [0, 0.1) is 5.41 Å². The lowest BCUT2D eigenvalue weighted by molar-refractivity contribution is 0.186. The first-order chi connectivity index (χ1) is 9.00. The molecule has 1 aliphatic rings. The predicted molar refractivity (Wildman–Crippen MR) is 87.7 cm³/mol. The SMILES string of the molecule is CC(C)(CBr)CN1CCN(c2ccc(Cl)cc2)CC1. The molecule has 0 unspecified atom stereocenters. The molecular formula is C15H22BrClN2. The Kier molecular flexibility index (Phi) is 5.15. The maximum absolute atomic E-state index is 5.93. The van der Waals surface area contributed by atoms with Gasteiger partial charge in [-0.2, -0.15) is 0 Å². The van der Waals surface area contributed by atoms with Gasteiger partial charge in [-0.05, 0) is 29.7 Å². The fraction of sp³-hybridized carbons (Fsp3) is 0.600. The number of anilines is 1. The maximum atomic E-state index is 5.93. The van der Waals surface area contributed by atoms with Crippen LogP contribution in [0.2, 0.25) is 5.02 Å². The number of alkyl halides is 1. The van der Waals surface area contributed by atoms with Crippen molar-refractivity contribution < 1.29 is 0 Å². The normalized spacial score (nSPS) is 17.8. The summed E-state index contributed by atoms with van der Waals surface area (Å²) >= 11 is 9.53. The minimum Gasteiger partial charge on any atom is -0.369 e. The summed E-state index contributed by atoms with van der Waals surface area (Å²) in [5.41, 5.74) is 1.63. The van der Waals surface area contributed by atoms with Crippen molar-refractivity contribution in [1.82, 2.24) is 4.90 Å². The van der Waals surface area contributed by atoms with Gasteiger partial charge in [0, 0.05) is 48.8 Å². The van der Waals surface area contributed by atoms with Crippen LogP contribution in [-0.4, -0.2) is 43.0 Å². The van der Waals surface area contributed by atoms with Gasteiger partial charge < -0.3 is 4.90 Å². The van der Waals surface area contributed by atoms with Crippen LogP contribution in [0.1, 0.15) is 13.8 Å². The molecule has 19 heavy (non-hydrogen) atoms. The van der Waals surface area contributed by atoms with Gasteiger partial charge in [-0.1, -0.05) is 41.4 Å². The van der Waals surface area contributed by atoms with E-state index in [0.29, 0.717) is 5.41 Å². The summed E-state index contributed by atoms with van der Waals surface area (Å²) in [7, 11) is 0. The van der Waals surface area contributed by atoms with Crippen LogP contribution in [0.4, 0.5) is 5.69 Å². The zero-order chi connectivity index (χ0) is 13.9. The van der Waals surface area contributed by atoms with E-state index in [-0.39, 0.29) is 0 Å². The van der Waals surface area contributed by atoms with Gasteiger partial charge >= 0.3 is 0 Å². The first kappa shape index (κ1) is 15.1. The second kappa shape index (κ2) is 6.47. The van der Waals surface area contributed by atoms with Gasteiger partial charge in [0.25, 0.3) is 0 Å². The van der Waals surface area contributed by atoms with Gasteiger partial charge in [-0.15, -0.1) is 0 Å². The van der Waals surface area contributed by atoms with E-state index in [2.05, 4.69) is 51.7 Å². The van der Waals surface area contributed by atoms with Gasteiger partial charge in [0.1, 0.15) is 0 Å². The summed E-state index contributed by atoms with van der Waals surface area (Å²) < 4.78 is 0. The van der Waals surface area contributed by atoms with Crippen LogP contribution >= 0.6 is 27.5 Å². The molecule has 0 aliphatic carbocycles. The van der Waals surface area contributed by atoms with E-state index in [9.17, 15) is 0 Å². The third-order valence-electron chi connectivity index (χ3n) is 3.58. The van der Waals surface area contributed by atoms with Gasteiger partial charge in [0.15, 0.2) is 0 Å². The highest BCUT2D eigenvalue weighted by Gasteiger charge is 2.24. The lowest BCUT2D eigenvalue weighted by Crippen LogP contribution is -2.49. The topological polar surface area (TPSA) is 6.48 Å². The minimum atomic E-state index is 0.350. The molecule has 0 atom stereocenters. The van der Waals surface area contributed by atoms with Crippen molar-refractivity contribution in [1.29, 1.82) is 0 Å². The second-order valence-corrected chi connectivity index (χ2v) is 7.03. The number of hydrogen-bond acceptors (Lipinski definition) is 2. The predicted octanol–water partition coefficient (Wildman–Crippen LogP) is 3.88. The molecule has 1 fully saturated rings. The molecule has 1 heterocycles. The number of halogens is 2. The highest BCUT2D eigenvalue weighted by Crippen LogP contribution is 2.23. The molecule has 4 heteroatoms. The van der Waals surface area contributed by atoms with Crippen molar-refractivity contribution in [3.8, 4) is 0 Å². The van der Waals surface area contributed by atoms with Gasteiger partial charge in [0.2, 0.25) is 0 Å². The molecule has 0 saturated carbocycles. The fourth-order valence-electron chi connectivity index (χ4n) is 2.46. The fourth-order valence-corrected chi connectivity index (χ4v) is 2.77. The van der Waals surface area contributed by atoms with Gasteiger partial charge in [-0.3, -0.25) is 4.90 Å². The van der Waals surface area contributed by atoms with E-state index in [0.717, 1.165) is 43.1 Å². The van der Waals surface area contributed by atoms with E-state index in [1.165, 1.54) is 5.69 Å². The highest BCUT2D eigenvalue weighted by atomic mass is 79.9. The average Bonchev–Trinajstić information content (AvgIpc) is 2.40. The monoisotopic (exact) mass is 344 g/mol. The van der Waals surface area contributed by atoms with E-state index in [1.54, 1.807) is 0 Å². The highest BCUT2D eigenvalue weighted by molar-refractivity contribution is 9.09. The minimum absolute atomic E-state index is 0.350. The van der Waals surface area contributed by atoms with Crippen LogP contribution in [-0.2, 0) is 0 Å². The van der Waals surface area contributed by atoms with E-state index in [4.69, 9.17) is 11.6 Å². The zero-order valence-corrected chi connectivity index (χ0v) is 14.0. The Morgan fingerprint density at radius 1 is 1.11 bits per heavy atom. The van der Waals surface area contributed by atoms with E-state index >= 15 is 0 Å². The van der Waals surface area contributed by atoms with Crippen molar-refractivity contribution in [3.63, 3.8) is 0 Å². The largest absolute Gasteiger partial charge is 0.369 e. The first-order valence-corrected chi connectivity index (χ1v) is 8.29. The molecule has 0 radical (unpaired) electrons. The van der Waals surface area contributed by atoms with Gasteiger partial charge in [0.05, 0.1) is 0 Å². The zero-order valence-electron chi connectivity index (χ0n) is 11.7. The molecule has 1 aromatic rings. The average molecular weight is 346 g/mol. The lowest BCUT2D eigenvalue weighted by atomic mass is 9.95. The summed E-state index contributed by atoms with van der Waals surface area (Å²) in [5, 5.41) is 1.86. The molecule has 2 rings (SSSR count). The Morgan fingerprint density at radius 3 is 2.21 bits per heavy atom. The van der Waals surface area contributed by atoms with Crippen molar-refractivity contribution in [2.75, 3.05) is 43.0 Å². The Morgan fingerprint density at radius 2 is 1.68 bits per heavy atom. The number of nitrogens with zero attached hydrogens (tertiary/aromatic N) is 2. The lowest BCUT2D eigenvalue weighted by Gasteiger charge is -2.39. The molecule has 0 amide bonds. The molecule has 0 spiro atoms. The van der Waals surface area contributed by atoms with Crippen molar-refractivity contribution in [2.24, 2.45) is 5.41 Å². The third kappa shape index (κ3) is 4.37. The maximum Gasteiger partial charge on any atom is 0.0407 e. The molecular weight excluding hydrogens is 324 g/mol. The summed E-state index contributed by atoms with van der Waals surface area (Å²) in [6.07, 6.45) is 0. The number of piperazine rings is 1. The molecule has 106 valence electrons. The van der Waals surface area contributed by atoms with E-state index in [1.807, 2.05) is 12.1 Å². The quantitative estimate of drug-likeness (QED) is 0.764. The molecule has 0 N–H and O–H groups in total. The number of rotatable bonds is 4. The summed E-state index contributed by atoms with van der Waals surface area (Å²) in [6, 6.07) is 8.16. The van der Waals surface area contributed by atoms with E-state index < -0.39 is 0 Å². The summed E-state index contributed by atoms with van der Waals surface area (Å²) in [4.78, 5) is 5.00. The summed E-state index contributed by atoms with van der Waals surface area (Å²) in [6.45, 7) is 10.3. The van der Waals surface area contributed by atoms with Crippen LogP contribution < -0.4 is 4.90 Å². The number of hydrogen-bond donors (Lipinski definition) is 0. The molecule has 1 aliphatic heterocycles. The second-order valence-electron chi connectivity index (χ2n) is 6.04.